The van der Waals surface area contributed by atoms with E-state index in [0.29, 0.717) is 18.6 Å². The normalized spacial score (nSPS) is 24.1. The molecule has 31 heavy (non-hydrogen) atoms. The number of anilines is 1. The Bertz CT molecular complexity index is 1060. The first-order valence-corrected chi connectivity index (χ1v) is 11.2. The van der Waals surface area contributed by atoms with Crippen LogP contribution in [-0.4, -0.2) is 52.3 Å². The number of rotatable bonds is 6. The van der Waals surface area contributed by atoms with Crippen molar-refractivity contribution in [2.45, 2.75) is 38.1 Å². The molecule has 3 aliphatic rings. The van der Waals surface area contributed by atoms with Crippen LogP contribution in [0.4, 0.5) is 10.2 Å². The molecule has 1 saturated carbocycles. The van der Waals surface area contributed by atoms with Gasteiger partial charge in [0.2, 0.25) is 0 Å². The molecule has 0 amide bonds. The molecule has 0 spiro atoms. The maximum Gasteiger partial charge on any atom is 0.141 e. The van der Waals surface area contributed by atoms with Gasteiger partial charge in [-0.15, -0.1) is 0 Å². The first kappa shape index (κ1) is 20.4. The zero-order valence-electron chi connectivity index (χ0n) is 17.2. The summed E-state index contributed by atoms with van der Waals surface area (Å²) in [5.41, 5.74) is 3.02. The van der Waals surface area contributed by atoms with Crippen LogP contribution in [-0.2, 0) is 12.8 Å². The Morgan fingerprint density at radius 2 is 2.26 bits per heavy atom. The second kappa shape index (κ2) is 8.55. The summed E-state index contributed by atoms with van der Waals surface area (Å²) in [4.78, 5) is 11.8. The Hall–Kier alpha value is -2.51. The Morgan fingerprint density at radius 1 is 1.35 bits per heavy atom. The summed E-state index contributed by atoms with van der Waals surface area (Å²) in [5, 5.41) is 16.6. The van der Waals surface area contributed by atoms with Gasteiger partial charge in [-0.2, -0.15) is 0 Å². The van der Waals surface area contributed by atoms with E-state index < -0.39 is 5.82 Å². The first-order valence-electron chi connectivity index (χ1n) is 10.8. The van der Waals surface area contributed by atoms with Gasteiger partial charge in [0.05, 0.1) is 17.3 Å². The van der Waals surface area contributed by atoms with Crippen LogP contribution in [0.15, 0.2) is 40.6 Å². The van der Waals surface area contributed by atoms with E-state index in [2.05, 4.69) is 20.4 Å². The summed E-state index contributed by atoms with van der Waals surface area (Å²) in [5.74, 6) is 2.09. The van der Waals surface area contributed by atoms with E-state index in [1.165, 1.54) is 31.9 Å². The number of likely N-dealkylation sites (tertiary alicyclic amines) is 1. The van der Waals surface area contributed by atoms with E-state index in [0.717, 1.165) is 53.4 Å². The van der Waals surface area contributed by atoms with E-state index in [1.807, 2.05) is 6.07 Å². The molecular formula is C23H25ClFN5O. The molecule has 1 aromatic carbocycles. The van der Waals surface area contributed by atoms with E-state index in [9.17, 15) is 9.60 Å². The fourth-order valence-electron chi connectivity index (χ4n) is 4.82. The van der Waals surface area contributed by atoms with Crippen LogP contribution in [0.1, 0.15) is 36.0 Å². The van der Waals surface area contributed by atoms with E-state index in [4.69, 9.17) is 16.6 Å². The highest BCUT2D eigenvalue weighted by molar-refractivity contribution is 6.30. The summed E-state index contributed by atoms with van der Waals surface area (Å²) in [6, 6.07) is 7.15. The molecule has 1 saturated heterocycles. The van der Waals surface area contributed by atoms with Crippen molar-refractivity contribution in [3.05, 3.63) is 58.0 Å². The van der Waals surface area contributed by atoms with Crippen LogP contribution < -0.4 is 5.32 Å². The number of halogens is 2. The molecule has 2 aromatic rings. The monoisotopic (exact) mass is 441 g/mol. The maximum atomic E-state index is 13.5. The molecule has 5 rings (SSSR count). The van der Waals surface area contributed by atoms with E-state index >= 15 is 0 Å². The highest BCUT2D eigenvalue weighted by Gasteiger charge is 2.43. The largest absolute Gasteiger partial charge is 0.411 e. The van der Waals surface area contributed by atoms with Gasteiger partial charge in [-0.3, -0.25) is 9.89 Å². The predicted molar refractivity (Wildman–Crippen MR) is 120 cm³/mol. The van der Waals surface area contributed by atoms with Gasteiger partial charge in [-0.1, -0.05) is 22.8 Å². The molecule has 2 fully saturated rings. The molecule has 8 heteroatoms. The summed E-state index contributed by atoms with van der Waals surface area (Å²) < 4.78 is 13.5. The smallest absolute Gasteiger partial charge is 0.141 e. The number of benzene rings is 1. The molecule has 1 aliphatic carbocycles. The number of nitrogens with zero attached hydrogens (tertiary/aromatic N) is 4. The van der Waals surface area contributed by atoms with Crippen LogP contribution in [0.5, 0.6) is 0 Å². The number of hydrogen-bond donors (Lipinski definition) is 2. The maximum absolute atomic E-state index is 13.5. The fourth-order valence-corrected chi connectivity index (χ4v) is 5.03. The van der Waals surface area contributed by atoms with Gasteiger partial charge >= 0.3 is 0 Å². The molecule has 162 valence electrons. The molecule has 2 atom stereocenters. The average Bonchev–Trinajstić information content (AvgIpc) is 3.46. The summed E-state index contributed by atoms with van der Waals surface area (Å²) in [6.07, 6.45) is 6.69. The Balaban J connectivity index is 1.27. The second-order valence-electron chi connectivity index (χ2n) is 8.53. The highest BCUT2D eigenvalue weighted by atomic mass is 35.5. The molecule has 0 radical (unpaired) electrons. The van der Waals surface area contributed by atoms with Crippen molar-refractivity contribution >= 4 is 29.0 Å². The average molecular weight is 442 g/mol. The lowest BCUT2D eigenvalue weighted by molar-refractivity contribution is 0.221. The Kier molecular flexibility index (Phi) is 5.63. The molecule has 2 N–H and O–H groups in total. The van der Waals surface area contributed by atoms with Crippen molar-refractivity contribution in [3.63, 3.8) is 0 Å². The topological polar surface area (TPSA) is 73.1 Å². The number of piperidine rings is 1. The number of oxime groups is 1. The van der Waals surface area contributed by atoms with Crippen LogP contribution in [0.25, 0.3) is 0 Å². The molecule has 6 nitrogen and oxygen atoms in total. The van der Waals surface area contributed by atoms with Crippen LogP contribution >= 0.6 is 11.6 Å². The van der Waals surface area contributed by atoms with Gasteiger partial charge < -0.3 is 10.5 Å². The zero-order valence-corrected chi connectivity index (χ0v) is 17.9. The summed E-state index contributed by atoms with van der Waals surface area (Å²) in [6.45, 7) is 2.96. The van der Waals surface area contributed by atoms with Crippen molar-refractivity contribution in [2.75, 3.05) is 25.0 Å². The number of fused-ring (bicyclic) bond motifs is 2. The lowest BCUT2D eigenvalue weighted by atomic mass is 9.98. The third-order valence-corrected chi connectivity index (χ3v) is 6.80. The summed E-state index contributed by atoms with van der Waals surface area (Å²) >= 11 is 5.90. The van der Waals surface area contributed by atoms with Crippen molar-refractivity contribution in [1.82, 2.24) is 9.88 Å². The minimum atomic E-state index is -0.468. The summed E-state index contributed by atoms with van der Waals surface area (Å²) in [7, 11) is 0. The van der Waals surface area contributed by atoms with Crippen LogP contribution in [0.2, 0.25) is 5.02 Å². The number of pyridine rings is 1. The van der Waals surface area contributed by atoms with Crippen molar-refractivity contribution in [1.29, 1.82) is 0 Å². The fraction of sp³-hybridized carbons (Fsp3) is 0.435. The Labute approximate surface area is 185 Å². The van der Waals surface area contributed by atoms with Crippen molar-refractivity contribution < 1.29 is 9.60 Å². The number of aliphatic imine (C=N–C) groups is 1. The van der Waals surface area contributed by atoms with Crippen molar-refractivity contribution in [2.24, 2.45) is 16.1 Å². The first-order chi connectivity index (χ1) is 15.1. The van der Waals surface area contributed by atoms with Gasteiger partial charge in [0, 0.05) is 42.8 Å². The second-order valence-corrected chi connectivity index (χ2v) is 8.94. The third-order valence-electron chi connectivity index (χ3n) is 6.51. The van der Waals surface area contributed by atoms with Crippen LogP contribution in [0.3, 0.4) is 0 Å². The molecule has 1 aromatic heterocycles. The lowest BCUT2D eigenvalue weighted by Gasteiger charge is -2.25. The minimum Gasteiger partial charge on any atom is -0.411 e. The molecule has 2 unspecified atom stereocenters. The predicted octanol–water partition coefficient (Wildman–Crippen LogP) is 4.15. The lowest BCUT2D eigenvalue weighted by Crippen LogP contribution is -2.34. The molecule has 2 aliphatic heterocycles. The van der Waals surface area contributed by atoms with Gasteiger partial charge in [0.1, 0.15) is 17.5 Å². The van der Waals surface area contributed by atoms with Gasteiger partial charge in [0.25, 0.3) is 0 Å². The van der Waals surface area contributed by atoms with E-state index in [-0.39, 0.29) is 5.02 Å². The van der Waals surface area contributed by atoms with Crippen LogP contribution in [0, 0.1) is 11.7 Å². The van der Waals surface area contributed by atoms with Gasteiger partial charge in [-0.25, -0.2) is 9.37 Å². The number of amidine groups is 1. The Morgan fingerprint density at radius 3 is 3.10 bits per heavy atom. The third kappa shape index (κ3) is 4.29. The quantitative estimate of drug-likeness (QED) is 0.401. The minimum absolute atomic E-state index is 0.0528. The number of aromatic nitrogens is 1. The van der Waals surface area contributed by atoms with E-state index in [1.54, 1.807) is 18.3 Å². The van der Waals surface area contributed by atoms with Gasteiger partial charge in [0.15, 0.2) is 0 Å². The molecule has 3 heterocycles. The zero-order chi connectivity index (χ0) is 21.4. The highest BCUT2D eigenvalue weighted by Crippen LogP contribution is 2.42. The van der Waals surface area contributed by atoms with Crippen molar-refractivity contribution in [3.8, 4) is 0 Å². The standard InChI is InChI=1S/C23H25ClFN5O/c24-18-10-14(3-4-19(18)25)11-20(29-31)16-5-6-27-23-17(16)13-22(28-23)26-7-9-30-8-1-2-15-12-21(15)30/h3-6,10,15,21,31H,1-2,7-9,11-13H2,(H,26,27,28)/b29-20+. The number of nitrogens with one attached hydrogen (secondary N) is 1. The van der Waals surface area contributed by atoms with Gasteiger partial charge in [-0.05, 0) is 55.5 Å². The number of hydrogen-bond acceptors (Lipinski definition) is 5. The SMILES string of the molecule is O/N=C(\Cc1ccc(F)c(Cl)c1)c1ccnc2c1CC(=NCCN1CCCC3CC31)N2. The molecular weight excluding hydrogens is 417 g/mol. The molecule has 0 bridgehead atoms.